The van der Waals surface area contributed by atoms with Gasteiger partial charge in [0.15, 0.2) is 0 Å². The number of aromatic carboxylic acids is 1. The fourth-order valence-corrected chi connectivity index (χ4v) is 1.44. The van der Waals surface area contributed by atoms with Gasteiger partial charge in [0.1, 0.15) is 17.2 Å². The minimum Gasteiger partial charge on any atom is -0.477 e. The van der Waals surface area contributed by atoms with E-state index < -0.39 is 5.97 Å². The van der Waals surface area contributed by atoms with E-state index in [1.54, 1.807) is 6.92 Å². The van der Waals surface area contributed by atoms with Gasteiger partial charge in [0.25, 0.3) is 0 Å². The minimum absolute atomic E-state index is 0.139. The van der Waals surface area contributed by atoms with Gasteiger partial charge in [-0.1, -0.05) is 6.92 Å². The van der Waals surface area contributed by atoms with Crippen molar-refractivity contribution in [2.24, 2.45) is 5.92 Å². The van der Waals surface area contributed by atoms with Crippen molar-refractivity contribution in [3.05, 3.63) is 17.6 Å². The Bertz CT molecular complexity index is 406. The minimum atomic E-state index is -0.995. The molecule has 1 aromatic heterocycles. The van der Waals surface area contributed by atoms with Crippen molar-refractivity contribution in [2.75, 3.05) is 5.32 Å². The number of anilines is 1. The first-order chi connectivity index (χ1) is 7.08. The quantitative estimate of drug-likeness (QED) is 0.781. The third-order valence-corrected chi connectivity index (χ3v) is 2.57. The second-order valence-electron chi connectivity index (χ2n) is 3.95. The van der Waals surface area contributed by atoms with Gasteiger partial charge in [-0.05, 0) is 19.3 Å². The van der Waals surface area contributed by atoms with E-state index in [1.807, 2.05) is 0 Å². The van der Waals surface area contributed by atoms with E-state index in [0.29, 0.717) is 23.6 Å². The van der Waals surface area contributed by atoms with Crippen LogP contribution in [0.5, 0.6) is 0 Å². The summed E-state index contributed by atoms with van der Waals surface area (Å²) in [5.41, 5.74) is 0.139. The van der Waals surface area contributed by atoms with Gasteiger partial charge < -0.3 is 10.4 Å². The second-order valence-corrected chi connectivity index (χ2v) is 3.95. The van der Waals surface area contributed by atoms with Gasteiger partial charge >= 0.3 is 5.97 Å². The van der Waals surface area contributed by atoms with Gasteiger partial charge in [0.05, 0.1) is 0 Å². The standard InChI is InChI=1S/C10H13N3O2/c1-5-3-8(5)13-9-7(10(14)15)4-11-6(2)12-9/h4-5,8H,3H2,1-2H3,(H,14,15)(H,11,12,13). The SMILES string of the molecule is Cc1ncc(C(=O)O)c(NC2CC2C)n1. The van der Waals surface area contributed by atoms with Crippen LogP contribution in [-0.4, -0.2) is 27.1 Å². The van der Waals surface area contributed by atoms with E-state index in [9.17, 15) is 4.79 Å². The maximum absolute atomic E-state index is 10.9. The molecule has 15 heavy (non-hydrogen) atoms. The number of rotatable bonds is 3. The molecule has 2 N–H and O–H groups in total. The summed E-state index contributed by atoms with van der Waals surface area (Å²) in [6.07, 6.45) is 2.42. The van der Waals surface area contributed by atoms with Gasteiger partial charge in [0, 0.05) is 12.2 Å². The maximum Gasteiger partial charge on any atom is 0.341 e. The van der Waals surface area contributed by atoms with E-state index in [4.69, 9.17) is 5.11 Å². The van der Waals surface area contributed by atoms with E-state index in [-0.39, 0.29) is 5.56 Å². The first-order valence-electron chi connectivity index (χ1n) is 4.91. The van der Waals surface area contributed by atoms with Crippen LogP contribution in [-0.2, 0) is 0 Å². The average Bonchev–Trinajstić information content (AvgIpc) is 2.81. The van der Waals surface area contributed by atoms with Crippen molar-refractivity contribution in [1.82, 2.24) is 9.97 Å². The van der Waals surface area contributed by atoms with Crippen molar-refractivity contribution in [3.8, 4) is 0 Å². The highest BCUT2D eigenvalue weighted by atomic mass is 16.4. The molecule has 2 unspecified atom stereocenters. The molecule has 5 heteroatoms. The first kappa shape index (κ1) is 9.89. The molecule has 0 amide bonds. The summed E-state index contributed by atoms with van der Waals surface area (Å²) < 4.78 is 0. The first-order valence-corrected chi connectivity index (χ1v) is 4.91. The zero-order chi connectivity index (χ0) is 11.0. The molecule has 0 aromatic carbocycles. The van der Waals surface area contributed by atoms with E-state index >= 15 is 0 Å². The molecule has 1 aliphatic rings. The Balaban J connectivity index is 2.26. The van der Waals surface area contributed by atoms with Crippen molar-refractivity contribution in [1.29, 1.82) is 0 Å². The molecule has 1 aliphatic carbocycles. The summed E-state index contributed by atoms with van der Waals surface area (Å²) in [7, 11) is 0. The number of aromatic nitrogens is 2. The Morgan fingerprint density at radius 3 is 2.87 bits per heavy atom. The third kappa shape index (κ3) is 2.06. The number of aryl methyl sites for hydroxylation is 1. The highest BCUT2D eigenvalue weighted by Crippen LogP contribution is 2.32. The zero-order valence-electron chi connectivity index (χ0n) is 8.69. The third-order valence-electron chi connectivity index (χ3n) is 2.57. The highest BCUT2D eigenvalue weighted by Gasteiger charge is 2.33. The summed E-state index contributed by atoms with van der Waals surface area (Å²) in [6, 6.07) is 0.359. The Morgan fingerprint density at radius 1 is 1.67 bits per heavy atom. The van der Waals surface area contributed by atoms with Crippen molar-refractivity contribution in [2.45, 2.75) is 26.3 Å². The van der Waals surface area contributed by atoms with E-state index in [0.717, 1.165) is 6.42 Å². The van der Waals surface area contributed by atoms with Crippen LogP contribution in [0.1, 0.15) is 29.5 Å². The molecule has 80 valence electrons. The molecule has 1 aromatic rings. The number of carboxylic acids is 1. The Kier molecular flexibility index (Phi) is 2.30. The maximum atomic E-state index is 10.9. The second kappa shape index (κ2) is 3.49. The smallest absolute Gasteiger partial charge is 0.341 e. The van der Waals surface area contributed by atoms with Crippen LogP contribution in [0.15, 0.2) is 6.20 Å². The number of carbonyl (C=O) groups is 1. The number of carboxylic acid groups (broad SMARTS) is 1. The Morgan fingerprint density at radius 2 is 2.33 bits per heavy atom. The summed E-state index contributed by atoms with van der Waals surface area (Å²) in [6.45, 7) is 3.86. The van der Waals surface area contributed by atoms with Gasteiger partial charge in [-0.3, -0.25) is 0 Å². The number of hydrogen-bond acceptors (Lipinski definition) is 4. The van der Waals surface area contributed by atoms with E-state index in [1.165, 1.54) is 6.20 Å². The molecule has 2 rings (SSSR count). The van der Waals surface area contributed by atoms with Gasteiger partial charge in [-0.15, -0.1) is 0 Å². The van der Waals surface area contributed by atoms with E-state index in [2.05, 4.69) is 22.2 Å². The summed E-state index contributed by atoms with van der Waals surface area (Å²) in [5, 5.41) is 12.1. The van der Waals surface area contributed by atoms with Crippen LogP contribution in [0.25, 0.3) is 0 Å². The lowest BCUT2D eigenvalue weighted by Crippen LogP contribution is -2.12. The summed E-state index contributed by atoms with van der Waals surface area (Å²) >= 11 is 0. The van der Waals surface area contributed by atoms with Crippen molar-refractivity contribution in [3.63, 3.8) is 0 Å². The highest BCUT2D eigenvalue weighted by molar-refractivity contribution is 5.92. The number of nitrogens with zero attached hydrogens (tertiary/aromatic N) is 2. The van der Waals surface area contributed by atoms with Crippen LogP contribution < -0.4 is 5.32 Å². The molecule has 5 nitrogen and oxygen atoms in total. The monoisotopic (exact) mass is 207 g/mol. The predicted molar refractivity (Wildman–Crippen MR) is 54.9 cm³/mol. The Labute approximate surface area is 87.6 Å². The molecule has 0 bridgehead atoms. The lowest BCUT2D eigenvalue weighted by molar-refractivity contribution is 0.0697. The normalized spacial score (nSPS) is 23.6. The fraction of sp³-hybridized carbons (Fsp3) is 0.500. The molecule has 0 saturated heterocycles. The molecule has 1 saturated carbocycles. The molecule has 2 atom stereocenters. The lowest BCUT2D eigenvalue weighted by atomic mass is 10.3. The van der Waals surface area contributed by atoms with Crippen molar-refractivity contribution < 1.29 is 9.90 Å². The van der Waals surface area contributed by atoms with Crippen LogP contribution in [0.2, 0.25) is 0 Å². The fourth-order valence-electron chi connectivity index (χ4n) is 1.44. The average molecular weight is 207 g/mol. The summed E-state index contributed by atoms with van der Waals surface area (Å²) in [4.78, 5) is 18.9. The largest absolute Gasteiger partial charge is 0.477 e. The molecule has 0 aliphatic heterocycles. The van der Waals surface area contributed by atoms with Gasteiger partial charge in [-0.2, -0.15) is 0 Å². The molecular formula is C10H13N3O2. The molecule has 1 heterocycles. The van der Waals surface area contributed by atoms with Crippen LogP contribution >= 0.6 is 0 Å². The number of nitrogens with one attached hydrogen (secondary N) is 1. The Hall–Kier alpha value is -1.65. The topological polar surface area (TPSA) is 75.1 Å². The van der Waals surface area contributed by atoms with Gasteiger partial charge in [-0.25, -0.2) is 14.8 Å². The van der Waals surface area contributed by atoms with Crippen molar-refractivity contribution >= 4 is 11.8 Å². The molecular weight excluding hydrogens is 194 g/mol. The van der Waals surface area contributed by atoms with Crippen LogP contribution in [0.4, 0.5) is 5.82 Å². The lowest BCUT2D eigenvalue weighted by Gasteiger charge is -2.07. The predicted octanol–water partition coefficient (Wildman–Crippen LogP) is 1.30. The molecule has 0 spiro atoms. The summed E-state index contributed by atoms with van der Waals surface area (Å²) in [5.74, 6) is 0.618. The van der Waals surface area contributed by atoms with Gasteiger partial charge in [0.2, 0.25) is 0 Å². The zero-order valence-corrected chi connectivity index (χ0v) is 8.69. The number of hydrogen-bond donors (Lipinski definition) is 2. The molecule has 0 radical (unpaired) electrons. The molecule has 1 fully saturated rings. The van der Waals surface area contributed by atoms with Crippen LogP contribution in [0, 0.1) is 12.8 Å². The van der Waals surface area contributed by atoms with Crippen LogP contribution in [0.3, 0.4) is 0 Å².